The van der Waals surface area contributed by atoms with E-state index in [2.05, 4.69) is 79.7 Å². The third-order valence-electron chi connectivity index (χ3n) is 3.76. The molecule has 0 radical (unpaired) electrons. The van der Waals surface area contributed by atoms with Crippen molar-refractivity contribution in [1.29, 1.82) is 0 Å². The fourth-order valence-electron chi connectivity index (χ4n) is 2.60. The zero-order chi connectivity index (χ0) is 15.4. The highest BCUT2D eigenvalue weighted by Gasteiger charge is 2.08. The van der Waals surface area contributed by atoms with E-state index in [1.54, 1.807) is 0 Å². The van der Waals surface area contributed by atoms with Gasteiger partial charge in [-0.15, -0.1) is 0 Å². The Balaban J connectivity index is 2.00. The van der Waals surface area contributed by atoms with Crippen molar-refractivity contribution in [1.82, 2.24) is 4.90 Å². The zero-order valence-corrected chi connectivity index (χ0v) is 13.1. The van der Waals surface area contributed by atoms with Crippen LogP contribution in [0.4, 0.5) is 0 Å². The van der Waals surface area contributed by atoms with Gasteiger partial charge in [0.15, 0.2) is 0 Å². The van der Waals surface area contributed by atoms with Gasteiger partial charge in [-0.05, 0) is 36.7 Å². The molecule has 0 saturated heterocycles. The van der Waals surface area contributed by atoms with Gasteiger partial charge >= 0.3 is 0 Å². The van der Waals surface area contributed by atoms with Crippen LogP contribution in [0.5, 0.6) is 5.75 Å². The predicted molar refractivity (Wildman–Crippen MR) is 93.4 cm³/mol. The van der Waals surface area contributed by atoms with Crippen LogP contribution in [0.3, 0.4) is 0 Å². The van der Waals surface area contributed by atoms with Crippen LogP contribution in [-0.4, -0.2) is 32.1 Å². The second-order valence-electron chi connectivity index (χ2n) is 5.67. The number of rotatable bonds is 5. The van der Waals surface area contributed by atoms with Gasteiger partial charge in [0.05, 0.1) is 0 Å². The Kier molecular flexibility index (Phi) is 4.40. The highest BCUT2D eigenvalue weighted by Crippen LogP contribution is 2.34. The summed E-state index contributed by atoms with van der Waals surface area (Å²) in [6.07, 6.45) is 0. The maximum atomic E-state index is 5.98. The van der Waals surface area contributed by atoms with E-state index in [4.69, 9.17) is 4.74 Å². The number of nitrogens with zero attached hydrogens (tertiary/aromatic N) is 1. The van der Waals surface area contributed by atoms with Crippen LogP contribution < -0.4 is 4.74 Å². The molecule has 0 aliphatic carbocycles. The Labute approximate surface area is 132 Å². The normalized spacial score (nSPS) is 11.0. The minimum atomic E-state index is 0.696. The summed E-state index contributed by atoms with van der Waals surface area (Å²) < 4.78 is 5.98. The lowest BCUT2D eigenvalue weighted by atomic mass is 9.98. The second kappa shape index (κ2) is 6.63. The quantitative estimate of drug-likeness (QED) is 0.688. The lowest BCUT2D eigenvalue weighted by Gasteiger charge is -2.14. The van der Waals surface area contributed by atoms with Crippen LogP contribution in [0.1, 0.15) is 0 Å². The number of benzene rings is 3. The molecule has 3 aromatic rings. The van der Waals surface area contributed by atoms with Gasteiger partial charge in [-0.25, -0.2) is 0 Å². The molecule has 2 heteroatoms. The Morgan fingerprint density at radius 2 is 1.45 bits per heavy atom. The van der Waals surface area contributed by atoms with Crippen LogP contribution in [0.15, 0.2) is 66.7 Å². The molecule has 112 valence electrons. The standard InChI is InChI=1S/C20H21NO/c1-21(2)14-15-22-20-13-12-17(16-8-4-3-5-9-16)18-10-6-7-11-19(18)20/h3-13H,14-15H2,1-2H3. The average Bonchev–Trinajstić information content (AvgIpc) is 2.55. The van der Waals surface area contributed by atoms with Crippen molar-refractivity contribution in [2.75, 3.05) is 27.2 Å². The van der Waals surface area contributed by atoms with Crippen molar-refractivity contribution in [3.8, 4) is 16.9 Å². The molecule has 0 spiro atoms. The third kappa shape index (κ3) is 3.12. The van der Waals surface area contributed by atoms with Crippen LogP contribution >= 0.6 is 0 Å². The van der Waals surface area contributed by atoms with Crippen molar-refractivity contribution in [2.45, 2.75) is 0 Å². The lowest BCUT2D eigenvalue weighted by Crippen LogP contribution is -2.19. The summed E-state index contributed by atoms with van der Waals surface area (Å²) in [7, 11) is 4.11. The summed E-state index contributed by atoms with van der Waals surface area (Å²) in [4.78, 5) is 2.13. The molecule has 22 heavy (non-hydrogen) atoms. The Hall–Kier alpha value is -2.32. The maximum absolute atomic E-state index is 5.98. The largest absolute Gasteiger partial charge is 0.492 e. The highest BCUT2D eigenvalue weighted by molar-refractivity contribution is 6.00. The van der Waals surface area contributed by atoms with Crippen molar-refractivity contribution in [2.24, 2.45) is 0 Å². The van der Waals surface area contributed by atoms with Crippen molar-refractivity contribution in [3.63, 3.8) is 0 Å². The molecule has 0 fully saturated rings. The maximum Gasteiger partial charge on any atom is 0.127 e. The van der Waals surface area contributed by atoms with Crippen molar-refractivity contribution < 1.29 is 4.74 Å². The van der Waals surface area contributed by atoms with E-state index in [9.17, 15) is 0 Å². The molecule has 3 aromatic carbocycles. The SMILES string of the molecule is CN(C)CCOc1ccc(-c2ccccc2)c2ccccc12. The van der Waals surface area contributed by atoms with Gasteiger partial charge < -0.3 is 9.64 Å². The van der Waals surface area contributed by atoms with E-state index in [-0.39, 0.29) is 0 Å². The average molecular weight is 291 g/mol. The van der Waals surface area contributed by atoms with Crippen LogP contribution in [-0.2, 0) is 0 Å². The molecule has 0 N–H and O–H groups in total. The first-order chi connectivity index (χ1) is 10.8. The van der Waals surface area contributed by atoms with Crippen LogP contribution in [0.25, 0.3) is 21.9 Å². The fraction of sp³-hybridized carbons (Fsp3) is 0.200. The van der Waals surface area contributed by atoms with Crippen LogP contribution in [0.2, 0.25) is 0 Å². The molecule has 0 unspecified atom stereocenters. The summed E-state index contributed by atoms with van der Waals surface area (Å²) in [6, 6.07) is 23.2. The van der Waals surface area contributed by atoms with E-state index in [1.807, 2.05) is 6.07 Å². The van der Waals surface area contributed by atoms with Gasteiger partial charge in [-0.1, -0.05) is 60.7 Å². The monoisotopic (exact) mass is 291 g/mol. The molecule has 0 amide bonds. The topological polar surface area (TPSA) is 12.5 Å². The molecule has 0 atom stereocenters. The third-order valence-corrected chi connectivity index (χ3v) is 3.76. The van der Waals surface area contributed by atoms with E-state index in [0.717, 1.165) is 12.3 Å². The minimum Gasteiger partial charge on any atom is -0.492 e. The number of hydrogen-bond donors (Lipinski definition) is 0. The highest BCUT2D eigenvalue weighted by atomic mass is 16.5. The summed E-state index contributed by atoms with van der Waals surface area (Å²) in [5, 5.41) is 2.40. The molecule has 0 saturated carbocycles. The molecule has 0 aliphatic heterocycles. The lowest BCUT2D eigenvalue weighted by molar-refractivity contribution is 0.263. The first kappa shape index (κ1) is 14.6. The molecule has 2 nitrogen and oxygen atoms in total. The Morgan fingerprint density at radius 3 is 2.18 bits per heavy atom. The van der Waals surface area contributed by atoms with Crippen molar-refractivity contribution >= 4 is 10.8 Å². The van der Waals surface area contributed by atoms with E-state index < -0.39 is 0 Å². The summed E-state index contributed by atoms with van der Waals surface area (Å²) in [5.74, 6) is 0.956. The van der Waals surface area contributed by atoms with Crippen molar-refractivity contribution in [3.05, 3.63) is 66.7 Å². The van der Waals surface area contributed by atoms with Gasteiger partial charge in [-0.2, -0.15) is 0 Å². The summed E-state index contributed by atoms with van der Waals surface area (Å²) in [6.45, 7) is 1.61. The van der Waals surface area contributed by atoms with Crippen LogP contribution in [0, 0.1) is 0 Å². The number of ether oxygens (including phenoxy) is 1. The number of hydrogen-bond acceptors (Lipinski definition) is 2. The first-order valence-corrected chi connectivity index (χ1v) is 7.60. The van der Waals surface area contributed by atoms with Gasteiger partial charge in [0.1, 0.15) is 12.4 Å². The smallest absolute Gasteiger partial charge is 0.127 e. The zero-order valence-electron chi connectivity index (χ0n) is 13.1. The molecule has 0 heterocycles. The first-order valence-electron chi connectivity index (χ1n) is 7.60. The molecule has 0 aliphatic rings. The van der Waals surface area contributed by atoms with E-state index in [0.29, 0.717) is 6.61 Å². The Morgan fingerprint density at radius 1 is 0.773 bits per heavy atom. The molecule has 3 rings (SSSR count). The van der Waals surface area contributed by atoms with Gasteiger partial charge in [-0.3, -0.25) is 0 Å². The number of fused-ring (bicyclic) bond motifs is 1. The molecular weight excluding hydrogens is 270 g/mol. The summed E-state index contributed by atoms with van der Waals surface area (Å²) >= 11 is 0. The molecule has 0 bridgehead atoms. The molecule has 0 aromatic heterocycles. The predicted octanol–water partition coefficient (Wildman–Crippen LogP) is 4.45. The van der Waals surface area contributed by atoms with Gasteiger partial charge in [0, 0.05) is 11.9 Å². The second-order valence-corrected chi connectivity index (χ2v) is 5.67. The fourth-order valence-corrected chi connectivity index (χ4v) is 2.60. The summed E-state index contributed by atoms with van der Waals surface area (Å²) in [5.41, 5.74) is 2.48. The van der Waals surface area contributed by atoms with Gasteiger partial charge in [0.2, 0.25) is 0 Å². The minimum absolute atomic E-state index is 0.696. The molecular formula is C20H21NO. The van der Waals surface area contributed by atoms with Gasteiger partial charge in [0.25, 0.3) is 0 Å². The van der Waals surface area contributed by atoms with E-state index >= 15 is 0 Å². The van der Waals surface area contributed by atoms with E-state index in [1.165, 1.54) is 21.9 Å². The number of likely N-dealkylation sites (N-methyl/N-ethyl adjacent to an activating group) is 1. The Bertz CT molecular complexity index is 750.